The van der Waals surface area contributed by atoms with Gasteiger partial charge in [0.15, 0.2) is 6.61 Å². The monoisotopic (exact) mass is 380 g/mol. The Morgan fingerprint density at radius 1 is 1.22 bits per heavy atom. The average molecular weight is 380 g/mol. The fourth-order valence-corrected chi connectivity index (χ4v) is 2.60. The highest BCUT2D eigenvalue weighted by molar-refractivity contribution is 6.00. The number of carbonyl (C=O) groups excluding carboxylic acids is 2. The van der Waals surface area contributed by atoms with Gasteiger partial charge in [0, 0.05) is 5.56 Å². The number of nitrogens with one attached hydrogen (secondary N) is 2. The molecule has 1 heterocycles. The molecule has 0 fully saturated rings. The van der Waals surface area contributed by atoms with Crippen molar-refractivity contribution in [2.75, 3.05) is 18.5 Å². The van der Waals surface area contributed by atoms with Crippen LogP contribution in [0.25, 0.3) is 0 Å². The molecule has 0 spiro atoms. The van der Waals surface area contributed by atoms with Gasteiger partial charge in [-0.25, -0.2) is 0 Å². The first-order chi connectivity index (χ1) is 12.8. The average Bonchev–Trinajstić information content (AvgIpc) is 2.64. The van der Waals surface area contributed by atoms with Crippen molar-refractivity contribution >= 4 is 17.5 Å². The number of aliphatic hydroxyl groups excluding tert-OH is 1. The molecule has 142 valence electrons. The Hall–Kier alpha value is -3.07. The van der Waals surface area contributed by atoms with Crippen molar-refractivity contribution in [3.05, 3.63) is 59.2 Å². The van der Waals surface area contributed by atoms with Gasteiger partial charge in [-0.3, -0.25) is 9.59 Å². The topological polar surface area (TPSA) is 87.7 Å². The van der Waals surface area contributed by atoms with Gasteiger partial charge in [-0.05, 0) is 35.9 Å². The zero-order valence-corrected chi connectivity index (χ0v) is 13.8. The molecule has 9 heteroatoms. The maximum Gasteiger partial charge on any atom is 0.416 e. The summed E-state index contributed by atoms with van der Waals surface area (Å²) in [5, 5.41) is 14.6. The van der Waals surface area contributed by atoms with Crippen LogP contribution in [-0.4, -0.2) is 30.1 Å². The summed E-state index contributed by atoms with van der Waals surface area (Å²) < 4.78 is 43.1. The molecule has 27 heavy (non-hydrogen) atoms. The number of hydrogen-bond donors (Lipinski definition) is 3. The minimum atomic E-state index is -4.47. The standard InChI is InChI=1S/C18H15F3N2O4/c19-18(20,21)12-4-1-10(2-5-12)14(8-24)23-17(26)11-3-6-15-13(7-11)22-16(25)9-27-15/h1-7,14,24H,8-9H2,(H,22,25)(H,23,26). The quantitative estimate of drug-likeness (QED) is 0.761. The number of amides is 2. The molecule has 1 aliphatic heterocycles. The number of aliphatic hydroxyl groups is 1. The minimum absolute atomic E-state index is 0.112. The Balaban J connectivity index is 1.75. The second kappa shape index (κ2) is 7.28. The summed E-state index contributed by atoms with van der Waals surface area (Å²) in [5.41, 5.74) is 0.0482. The Morgan fingerprint density at radius 2 is 1.93 bits per heavy atom. The molecule has 0 aromatic heterocycles. The molecule has 0 saturated carbocycles. The van der Waals surface area contributed by atoms with E-state index in [0.717, 1.165) is 12.1 Å². The van der Waals surface area contributed by atoms with Crippen molar-refractivity contribution in [2.24, 2.45) is 0 Å². The summed E-state index contributed by atoms with van der Waals surface area (Å²) in [7, 11) is 0. The molecule has 0 saturated heterocycles. The Kier molecular flexibility index (Phi) is 5.04. The molecule has 2 amide bonds. The highest BCUT2D eigenvalue weighted by Gasteiger charge is 2.30. The van der Waals surface area contributed by atoms with Crippen LogP contribution in [0.1, 0.15) is 27.5 Å². The summed E-state index contributed by atoms with van der Waals surface area (Å²) >= 11 is 0. The molecule has 6 nitrogen and oxygen atoms in total. The number of carbonyl (C=O) groups is 2. The van der Waals surface area contributed by atoms with Crippen molar-refractivity contribution in [2.45, 2.75) is 12.2 Å². The van der Waals surface area contributed by atoms with Gasteiger partial charge in [0.05, 0.1) is 23.9 Å². The lowest BCUT2D eigenvalue weighted by Crippen LogP contribution is -2.31. The van der Waals surface area contributed by atoms with Crippen molar-refractivity contribution in [1.82, 2.24) is 5.32 Å². The third-order valence-corrected chi connectivity index (χ3v) is 4.00. The fraction of sp³-hybridized carbons (Fsp3) is 0.222. The Morgan fingerprint density at radius 3 is 2.56 bits per heavy atom. The summed E-state index contributed by atoms with van der Waals surface area (Å²) in [5.74, 6) is -0.484. The maximum atomic E-state index is 12.6. The van der Waals surface area contributed by atoms with Crippen LogP contribution in [0.3, 0.4) is 0 Å². The zero-order chi connectivity index (χ0) is 19.6. The fourth-order valence-electron chi connectivity index (χ4n) is 2.60. The third kappa shape index (κ3) is 4.20. The molecule has 3 N–H and O–H groups in total. The first-order valence-electron chi connectivity index (χ1n) is 7.93. The molecule has 1 unspecified atom stereocenters. The summed E-state index contributed by atoms with van der Waals surface area (Å²) in [4.78, 5) is 23.8. The van der Waals surface area contributed by atoms with Crippen LogP contribution in [-0.2, 0) is 11.0 Å². The van der Waals surface area contributed by atoms with Crippen LogP contribution in [0.2, 0.25) is 0 Å². The van der Waals surface area contributed by atoms with E-state index in [0.29, 0.717) is 17.0 Å². The van der Waals surface area contributed by atoms with Gasteiger partial charge in [0.25, 0.3) is 11.8 Å². The summed E-state index contributed by atoms with van der Waals surface area (Å²) in [6.07, 6.45) is -4.47. The number of benzene rings is 2. The van der Waals surface area contributed by atoms with Crippen LogP contribution in [0.5, 0.6) is 5.75 Å². The van der Waals surface area contributed by atoms with Crippen molar-refractivity contribution in [3.8, 4) is 5.75 Å². The Bertz CT molecular complexity index is 866. The van der Waals surface area contributed by atoms with Crippen LogP contribution < -0.4 is 15.4 Å². The van der Waals surface area contributed by atoms with Gasteiger partial charge in [-0.1, -0.05) is 12.1 Å². The second-order valence-electron chi connectivity index (χ2n) is 5.88. The van der Waals surface area contributed by atoms with Gasteiger partial charge >= 0.3 is 6.18 Å². The van der Waals surface area contributed by atoms with Crippen LogP contribution >= 0.6 is 0 Å². The summed E-state index contributed by atoms with van der Waals surface area (Å²) in [6, 6.07) is 7.70. The highest BCUT2D eigenvalue weighted by Crippen LogP contribution is 2.30. The van der Waals surface area contributed by atoms with Gasteiger partial charge < -0.3 is 20.5 Å². The Labute approximate surface area is 151 Å². The van der Waals surface area contributed by atoms with Gasteiger partial charge in [0.2, 0.25) is 0 Å². The number of rotatable bonds is 4. The van der Waals surface area contributed by atoms with Crippen LogP contribution in [0.4, 0.5) is 18.9 Å². The third-order valence-electron chi connectivity index (χ3n) is 4.00. The van der Waals surface area contributed by atoms with Crippen molar-refractivity contribution < 1.29 is 32.6 Å². The molecule has 1 atom stereocenters. The first kappa shape index (κ1) is 18.7. The number of hydrogen-bond acceptors (Lipinski definition) is 4. The van der Waals surface area contributed by atoms with E-state index in [2.05, 4.69) is 10.6 Å². The molecule has 0 bridgehead atoms. The lowest BCUT2D eigenvalue weighted by atomic mass is 10.0. The highest BCUT2D eigenvalue weighted by atomic mass is 19.4. The normalized spacial score (nSPS) is 14.6. The van der Waals surface area contributed by atoms with Gasteiger partial charge in [-0.2, -0.15) is 13.2 Å². The molecular weight excluding hydrogens is 365 g/mol. The van der Waals surface area contributed by atoms with E-state index in [-0.39, 0.29) is 18.1 Å². The van der Waals surface area contributed by atoms with Crippen LogP contribution in [0.15, 0.2) is 42.5 Å². The lowest BCUT2D eigenvalue weighted by Gasteiger charge is -2.20. The number of alkyl halides is 3. The predicted molar refractivity (Wildman–Crippen MR) is 89.3 cm³/mol. The lowest BCUT2D eigenvalue weighted by molar-refractivity contribution is -0.137. The number of fused-ring (bicyclic) bond motifs is 1. The van der Waals surface area contributed by atoms with Crippen molar-refractivity contribution in [1.29, 1.82) is 0 Å². The van der Waals surface area contributed by atoms with E-state index in [1.54, 1.807) is 0 Å². The molecule has 0 aliphatic carbocycles. The number of ether oxygens (including phenoxy) is 1. The largest absolute Gasteiger partial charge is 0.482 e. The maximum absolute atomic E-state index is 12.6. The minimum Gasteiger partial charge on any atom is -0.482 e. The summed E-state index contributed by atoms with van der Waals surface area (Å²) in [6.45, 7) is -0.610. The van der Waals surface area contributed by atoms with Gasteiger partial charge in [0.1, 0.15) is 5.75 Å². The van der Waals surface area contributed by atoms with E-state index < -0.39 is 30.3 Å². The van der Waals surface area contributed by atoms with Crippen molar-refractivity contribution in [3.63, 3.8) is 0 Å². The number of halogens is 3. The van der Waals surface area contributed by atoms with E-state index in [1.807, 2.05) is 0 Å². The molecule has 2 aromatic rings. The van der Waals surface area contributed by atoms with Gasteiger partial charge in [-0.15, -0.1) is 0 Å². The second-order valence-corrected chi connectivity index (χ2v) is 5.88. The zero-order valence-electron chi connectivity index (χ0n) is 13.8. The molecule has 3 rings (SSSR count). The van der Waals surface area contributed by atoms with E-state index >= 15 is 0 Å². The molecular formula is C18H15F3N2O4. The predicted octanol–water partition coefficient (Wildman–Crippen LogP) is 2.50. The number of anilines is 1. The molecule has 0 radical (unpaired) electrons. The van der Waals surface area contributed by atoms with E-state index in [9.17, 15) is 27.9 Å². The van der Waals surface area contributed by atoms with E-state index in [4.69, 9.17) is 4.74 Å². The SMILES string of the molecule is O=C1COc2ccc(C(=O)NC(CO)c3ccc(C(F)(F)F)cc3)cc2N1. The van der Waals surface area contributed by atoms with Crippen LogP contribution in [0, 0.1) is 0 Å². The smallest absolute Gasteiger partial charge is 0.416 e. The molecule has 1 aliphatic rings. The first-order valence-corrected chi connectivity index (χ1v) is 7.93. The molecule has 2 aromatic carbocycles. The van der Waals surface area contributed by atoms with E-state index in [1.165, 1.54) is 30.3 Å².